The molecule has 2 amide bonds. The van der Waals surface area contributed by atoms with Crippen LogP contribution in [0.25, 0.3) is 0 Å². The molecule has 0 aliphatic rings. The van der Waals surface area contributed by atoms with Crippen LogP contribution in [0.15, 0.2) is 36.9 Å². The molecule has 0 aliphatic heterocycles. The number of alkyl halides is 3. The number of anilines is 1. The number of nitrogens with one attached hydrogen (secondary N) is 1. The lowest BCUT2D eigenvalue weighted by molar-refractivity contribution is -0.141. The first kappa shape index (κ1) is 15.8. The fourth-order valence-corrected chi connectivity index (χ4v) is 1.77. The average molecular weight is 313 g/mol. The van der Waals surface area contributed by atoms with Crippen LogP contribution in [0.2, 0.25) is 0 Å². The zero-order valence-corrected chi connectivity index (χ0v) is 11.7. The maximum absolute atomic E-state index is 12.4. The standard InChI is InChI=1S/C13H14F3N5O/c1-20(12(22)19-10-3-2-4-17-7-10)8-11-18-5-6-21(11)9-13(14,15)16/h2-7H,8-9H2,1H3,(H,19,22). The van der Waals surface area contributed by atoms with Crippen molar-refractivity contribution < 1.29 is 18.0 Å². The van der Waals surface area contributed by atoms with Crippen LogP contribution in [0.1, 0.15) is 5.82 Å². The lowest BCUT2D eigenvalue weighted by Crippen LogP contribution is -2.32. The molecule has 0 unspecified atom stereocenters. The number of hydrogen-bond donors (Lipinski definition) is 1. The third-order valence-electron chi connectivity index (χ3n) is 2.79. The summed E-state index contributed by atoms with van der Waals surface area (Å²) in [6.45, 7) is -1.18. The molecular formula is C13H14F3N5O. The normalized spacial score (nSPS) is 11.3. The van der Waals surface area contributed by atoms with E-state index in [9.17, 15) is 18.0 Å². The highest BCUT2D eigenvalue weighted by Gasteiger charge is 2.29. The summed E-state index contributed by atoms with van der Waals surface area (Å²) in [6, 6.07) is 2.85. The molecule has 0 aromatic carbocycles. The van der Waals surface area contributed by atoms with Crippen molar-refractivity contribution in [3.63, 3.8) is 0 Å². The Labute approximate surface area is 124 Å². The topological polar surface area (TPSA) is 63.1 Å². The number of rotatable bonds is 4. The van der Waals surface area contributed by atoms with Gasteiger partial charge in [-0.05, 0) is 12.1 Å². The maximum Gasteiger partial charge on any atom is 0.406 e. The summed E-state index contributed by atoms with van der Waals surface area (Å²) in [5.41, 5.74) is 0.498. The third kappa shape index (κ3) is 4.47. The minimum Gasteiger partial charge on any atom is -0.324 e. The molecule has 1 N–H and O–H groups in total. The molecule has 0 spiro atoms. The summed E-state index contributed by atoms with van der Waals surface area (Å²) in [6.07, 6.45) is 1.19. The Morgan fingerprint density at radius 2 is 2.18 bits per heavy atom. The van der Waals surface area contributed by atoms with Crippen LogP contribution in [0.3, 0.4) is 0 Å². The van der Waals surface area contributed by atoms with Gasteiger partial charge in [0.05, 0.1) is 18.4 Å². The van der Waals surface area contributed by atoms with Gasteiger partial charge < -0.3 is 14.8 Å². The largest absolute Gasteiger partial charge is 0.406 e. The molecule has 0 saturated carbocycles. The van der Waals surface area contributed by atoms with Crippen molar-refractivity contribution >= 4 is 11.7 Å². The zero-order valence-electron chi connectivity index (χ0n) is 11.7. The lowest BCUT2D eigenvalue weighted by atomic mass is 10.4. The van der Waals surface area contributed by atoms with Gasteiger partial charge in [-0.15, -0.1) is 0 Å². The van der Waals surface area contributed by atoms with E-state index >= 15 is 0 Å². The first-order chi connectivity index (χ1) is 10.3. The predicted molar refractivity (Wildman–Crippen MR) is 73.0 cm³/mol. The first-order valence-electron chi connectivity index (χ1n) is 6.34. The minimum absolute atomic E-state index is 0.0465. The zero-order chi connectivity index (χ0) is 16.2. The molecule has 2 rings (SSSR count). The summed E-state index contributed by atoms with van der Waals surface area (Å²) in [5.74, 6) is 0.154. The Kier molecular flexibility index (Phi) is 4.64. The molecule has 0 bridgehead atoms. The molecule has 118 valence electrons. The molecule has 0 aliphatic carbocycles. The Morgan fingerprint density at radius 1 is 1.41 bits per heavy atom. The van der Waals surface area contributed by atoms with E-state index < -0.39 is 18.8 Å². The van der Waals surface area contributed by atoms with Crippen LogP contribution in [-0.2, 0) is 13.1 Å². The van der Waals surface area contributed by atoms with Crippen LogP contribution in [0.4, 0.5) is 23.7 Å². The van der Waals surface area contributed by atoms with Gasteiger partial charge in [0.15, 0.2) is 0 Å². The van der Waals surface area contributed by atoms with Gasteiger partial charge in [0.1, 0.15) is 12.4 Å². The number of carbonyl (C=O) groups excluding carboxylic acids is 1. The molecule has 0 saturated heterocycles. The van der Waals surface area contributed by atoms with Crippen molar-refractivity contribution in [3.8, 4) is 0 Å². The molecule has 9 heteroatoms. The second-order valence-corrected chi connectivity index (χ2v) is 4.61. The van der Waals surface area contributed by atoms with Crippen molar-refractivity contribution in [3.05, 3.63) is 42.7 Å². The van der Waals surface area contributed by atoms with Gasteiger partial charge in [0.2, 0.25) is 0 Å². The van der Waals surface area contributed by atoms with Gasteiger partial charge in [0, 0.05) is 25.6 Å². The summed E-state index contributed by atoms with van der Waals surface area (Å²) in [5, 5.41) is 2.59. The quantitative estimate of drug-likeness (QED) is 0.943. The van der Waals surface area contributed by atoms with Crippen molar-refractivity contribution in [2.45, 2.75) is 19.3 Å². The molecule has 0 fully saturated rings. The fourth-order valence-electron chi connectivity index (χ4n) is 1.77. The molecule has 22 heavy (non-hydrogen) atoms. The van der Waals surface area contributed by atoms with Gasteiger partial charge in [0.25, 0.3) is 0 Å². The van der Waals surface area contributed by atoms with Gasteiger partial charge >= 0.3 is 12.2 Å². The smallest absolute Gasteiger partial charge is 0.324 e. The van der Waals surface area contributed by atoms with E-state index in [1.54, 1.807) is 18.3 Å². The monoisotopic (exact) mass is 313 g/mol. The number of pyridine rings is 1. The molecule has 6 nitrogen and oxygen atoms in total. The minimum atomic E-state index is -4.34. The number of aromatic nitrogens is 3. The first-order valence-corrected chi connectivity index (χ1v) is 6.34. The van der Waals surface area contributed by atoms with Crippen LogP contribution < -0.4 is 5.32 Å². The van der Waals surface area contributed by atoms with E-state index in [2.05, 4.69) is 15.3 Å². The summed E-state index contributed by atoms with van der Waals surface area (Å²) >= 11 is 0. The highest BCUT2D eigenvalue weighted by molar-refractivity contribution is 5.88. The number of carbonyl (C=O) groups is 1. The average Bonchev–Trinajstić information content (AvgIpc) is 2.85. The van der Waals surface area contributed by atoms with Crippen LogP contribution >= 0.6 is 0 Å². The van der Waals surface area contributed by atoms with E-state index in [0.717, 1.165) is 4.57 Å². The Bertz CT molecular complexity index is 626. The number of urea groups is 1. The van der Waals surface area contributed by atoms with Gasteiger partial charge in [-0.3, -0.25) is 4.98 Å². The molecule has 2 aromatic heterocycles. The van der Waals surface area contributed by atoms with E-state index in [0.29, 0.717) is 5.69 Å². The summed E-state index contributed by atoms with van der Waals surface area (Å²) < 4.78 is 38.3. The van der Waals surface area contributed by atoms with Gasteiger partial charge in [-0.1, -0.05) is 0 Å². The number of hydrogen-bond acceptors (Lipinski definition) is 3. The van der Waals surface area contributed by atoms with E-state index in [-0.39, 0.29) is 12.4 Å². The maximum atomic E-state index is 12.4. The Hall–Kier alpha value is -2.58. The van der Waals surface area contributed by atoms with E-state index in [4.69, 9.17) is 0 Å². The number of nitrogens with zero attached hydrogens (tertiary/aromatic N) is 4. The summed E-state index contributed by atoms with van der Waals surface area (Å²) in [4.78, 5) is 20.9. The van der Waals surface area contributed by atoms with Crippen LogP contribution in [-0.4, -0.2) is 38.7 Å². The molecule has 2 heterocycles. The fraction of sp³-hybridized carbons (Fsp3) is 0.308. The molecule has 0 radical (unpaired) electrons. The van der Waals surface area contributed by atoms with Crippen molar-refractivity contribution in [1.82, 2.24) is 19.4 Å². The molecular weight excluding hydrogens is 299 g/mol. The number of imidazole rings is 1. The number of amides is 2. The van der Waals surface area contributed by atoms with Gasteiger partial charge in [-0.25, -0.2) is 9.78 Å². The Morgan fingerprint density at radius 3 is 2.82 bits per heavy atom. The second-order valence-electron chi connectivity index (χ2n) is 4.61. The second kappa shape index (κ2) is 6.46. The van der Waals surface area contributed by atoms with E-state index in [1.165, 1.54) is 30.5 Å². The molecule has 0 atom stereocenters. The van der Waals surface area contributed by atoms with Crippen LogP contribution in [0.5, 0.6) is 0 Å². The van der Waals surface area contributed by atoms with Crippen molar-refractivity contribution in [2.24, 2.45) is 0 Å². The summed E-state index contributed by atoms with van der Waals surface area (Å²) in [7, 11) is 1.47. The highest BCUT2D eigenvalue weighted by atomic mass is 19.4. The predicted octanol–water partition coefficient (Wildman–Crippen LogP) is 2.50. The van der Waals surface area contributed by atoms with E-state index in [1.807, 2.05) is 0 Å². The van der Waals surface area contributed by atoms with Gasteiger partial charge in [-0.2, -0.15) is 13.2 Å². The SMILES string of the molecule is CN(Cc1nccn1CC(F)(F)F)C(=O)Nc1cccnc1. The third-order valence-corrected chi connectivity index (χ3v) is 2.79. The lowest BCUT2D eigenvalue weighted by Gasteiger charge is -2.18. The van der Waals surface area contributed by atoms with Crippen molar-refractivity contribution in [2.75, 3.05) is 12.4 Å². The Balaban J connectivity index is 1.98. The highest BCUT2D eigenvalue weighted by Crippen LogP contribution is 2.18. The number of halogens is 3. The van der Waals surface area contributed by atoms with Crippen molar-refractivity contribution in [1.29, 1.82) is 0 Å². The van der Waals surface area contributed by atoms with Crippen LogP contribution in [0, 0.1) is 0 Å². The molecule has 2 aromatic rings.